The van der Waals surface area contributed by atoms with E-state index in [0.29, 0.717) is 5.92 Å². The van der Waals surface area contributed by atoms with Crippen LogP contribution in [-0.4, -0.2) is 15.3 Å². The van der Waals surface area contributed by atoms with E-state index in [0.717, 1.165) is 19.3 Å². The first-order chi connectivity index (χ1) is 12.1. The van der Waals surface area contributed by atoms with E-state index in [1.165, 1.54) is 16.7 Å². The molecule has 3 aromatic rings. The molecule has 0 saturated carbocycles. The van der Waals surface area contributed by atoms with Gasteiger partial charge in [0.25, 0.3) is 0 Å². The van der Waals surface area contributed by atoms with Crippen LogP contribution in [0.1, 0.15) is 16.7 Å². The van der Waals surface area contributed by atoms with Gasteiger partial charge in [-0.3, -0.25) is 0 Å². The summed E-state index contributed by atoms with van der Waals surface area (Å²) in [4.78, 5) is 0. The molecule has 0 spiro atoms. The van der Waals surface area contributed by atoms with E-state index in [2.05, 4.69) is 0 Å². The highest BCUT2D eigenvalue weighted by Crippen LogP contribution is 2.23. The molecule has 0 heterocycles. The number of phenolic OH excluding ortho intramolecular Hbond substituents is 3. The molecule has 3 rings (SSSR count). The summed E-state index contributed by atoms with van der Waals surface area (Å²) in [7, 11) is 0. The normalized spacial score (nSPS) is 10.9. The third kappa shape index (κ3) is 5.01. The van der Waals surface area contributed by atoms with Crippen LogP contribution in [0.2, 0.25) is 0 Å². The Bertz CT molecular complexity index is 677. The van der Waals surface area contributed by atoms with Gasteiger partial charge in [-0.2, -0.15) is 0 Å². The molecule has 0 aromatic heterocycles. The van der Waals surface area contributed by atoms with Crippen LogP contribution in [0.25, 0.3) is 0 Å². The van der Waals surface area contributed by atoms with Crippen molar-refractivity contribution in [1.82, 2.24) is 0 Å². The van der Waals surface area contributed by atoms with Gasteiger partial charge in [0.2, 0.25) is 0 Å². The van der Waals surface area contributed by atoms with Crippen LogP contribution in [-0.2, 0) is 19.3 Å². The molecule has 3 nitrogen and oxygen atoms in total. The first kappa shape index (κ1) is 16.9. The van der Waals surface area contributed by atoms with Gasteiger partial charge in [0.05, 0.1) is 0 Å². The zero-order chi connectivity index (χ0) is 17.6. The Labute approximate surface area is 147 Å². The molecule has 0 atom stereocenters. The van der Waals surface area contributed by atoms with Crippen LogP contribution in [0.4, 0.5) is 0 Å². The van der Waals surface area contributed by atoms with Gasteiger partial charge in [-0.15, -0.1) is 0 Å². The molecule has 3 aromatic carbocycles. The zero-order valence-corrected chi connectivity index (χ0v) is 14.0. The molecule has 0 aliphatic rings. The van der Waals surface area contributed by atoms with E-state index in [9.17, 15) is 15.3 Å². The SMILES string of the molecule is Oc1ccc(CC(Cc2ccc(O)cc2)Cc2ccc(O)cc2)cc1. The molecule has 128 valence electrons. The smallest absolute Gasteiger partial charge is 0.115 e. The predicted octanol–water partition coefficient (Wildman–Crippen LogP) is 4.45. The fraction of sp³-hybridized carbons (Fsp3) is 0.182. The van der Waals surface area contributed by atoms with E-state index in [1.807, 2.05) is 36.4 Å². The van der Waals surface area contributed by atoms with Crippen molar-refractivity contribution in [2.75, 3.05) is 0 Å². The molecule has 0 amide bonds. The third-order valence-electron chi connectivity index (χ3n) is 4.38. The Morgan fingerprint density at radius 2 is 0.680 bits per heavy atom. The lowest BCUT2D eigenvalue weighted by Gasteiger charge is -2.18. The van der Waals surface area contributed by atoms with E-state index in [1.54, 1.807) is 36.4 Å². The number of hydrogen-bond acceptors (Lipinski definition) is 3. The second-order valence-corrected chi connectivity index (χ2v) is 6.48. The molecule has 0 radical (unpaired) electrons. The topological polar surface area (TPSA) is 60.7 Å². The van der Waals surface area contributed by atoms with Gasteiger partial charge in [-0.1, -0.05) is 36.4 Å². The van der Waals surface area contributed by atoms with Crippen LogP contribution < -0.4 is 0 Å². The van der Waals surface area contributed by atoms with Gasteiger partial charge < -0.3 is 15.3 Å². The van der Waals surface area contributed by atoms with Crippen molar-refractivity contribution < 1.29 is 15.3 Å². The van der Waals surface area contributed by atoms with Gasteiger partial charge in [-0.25, -0.2) is 0 Å². The Morgan fingerprint density at radius 3 is 0.920 bits per heavy atom. The molecule has 0 unspecified atom stereocenters. The van der Waals surface area contributed by atoms with E-state index < -0.39 is 0 Å². The Kier molecular flexibility index (Phi) is 5.24. The average Bonchev–Trinajstić information content (AvgIpc) is 2.61. The zero-order valence-electron chi connectivity index (χ0n) is 14.0. The van der Waals surface area contributed by atoms with Crippen LogP contribution in [0.3, 0.4) is 0 Å². The Balaban J connectivity index is 1.77. The molecular formula is C22H22O3. The highest BCUT2D eigenvalue weighted by atomic mass is 16.3. The highest BCUT2D eigenvalue weighted by Gasteiger charge is 2.13. The minimum absolute atomic E-state index is 0.275. The third-order valence-corrected chi connectivity index (χ3v) is 4.38. The summed E-state index contributed by atoms with van der Waals surface area (Å²) >= 11 is 0. The van der Waals surface area contributed by atoms with E-state index in [-0.39, 0.29) is 17.2 Å². The number of rotatable bonds is 6. The lowest BCUT2D eigenvalue weighted by atomic mass is 9.87. The molecule has 25 heavy (non-hydrogen) atoms. The van der Waals surface area contributed by atoms with Gasteiger partial charge in [-0.05, 0) is 78.3 Å². The molecule has 0 aliphatic heterocycles. The summed E-state index contributed by atoms with van der Waals surface area (Å²) in [6, 6.07) is 22.0. The van der Waals surface area contributed by atoms with Crippen molar-refractivity contribution in [2.24, 2.45) is 5.92 Å². The monoisotopic (exact) mass is 334 g/mol. The summed E-state index contributed by atoms with van der Waals surface area (Å²) in [5, 5.41) is 28.4. The number of phenols is 3. The summed E-state index contributed by atoms with van der Waals surface area (Å²) < 4.78 is 0. The first-order valence-electron chi connectivity index (χ1n) is 8.42. The maximum absolute atomic E-state index is 9.47. The van der Waals surface area contributed by atoms with Crippen molar-refractivity contribution in [2.45, 2.75) is 19.3 Å². The molecular weight excluding hydrogens is 312 g/mol. The molecule has 0 fully saturated rings. The van der Waals surface area contributed by atoms with Crippen molar-refractivity contribution in [3.63, 3.8) is 0 Å². The summed E-state index contributed by atoms with van der Waals surface area (Å²) in [6.07, 6.45) is 2.67. The summed E-state index contributed by atoms with van der Waals surface area (Å²) in [5.41, 5.74) is 3.54. The molecule has 0 saturated heterocycles. The minimum Gasteiger partial charge on any atom is -0.508 e. The van der Waals surface area contributed by atoms with Gasteiger partial charge in [0.1, 0.15) is 17.2 Å². The lowest BCUT2D eigenvalue weighted by molar-refractivity contribution is 0.472. The molecule has 3 N–H and O–H groups in total. The number of hydrogen-bond donors (Lipinski definition) is 3. The quantitative estimate of drug-likeness (QED) is 0.624. The van der Waals surface area contributed by atoms with Crippen LogP contribution >= 0.6 is 0 Å². The second kappa shape index (κ2) is 7.75. The maximum Gasteiger partial charge on any atom is 0.115 e. The van der Waals surface area contributed by atoms with Crippen molar-refractivity contribution in [1.29, 1.82) is 0 Å². The maximum atomic E-state index is 9.47. The van der Waals surface area contributed by atoms with E-state index >= 15 is 0 Å². The molecule has 0 aliphatic carbocycles. The standard InChI is InChI=1S/C22H22O3/c23-20-7-1-16(2-8-20)13-19(14-17-3-9-21(24)10-4-17)15-18-5-11-22(25)12-6-18/h1-12,19,23-25H,13-15H2. The van der Waals surface area contributed by atoms with Crippen molar-refractivity contribution in [3.05, 3.63) is 89.5 Å². The van der Waals surface area contributed by atoms with Crippen molar-refractivity contribution in [3.8, 4) is 17.2 Å². The largest absolute Gasteiger partial charge is 0.508 e. The minimum atomic E-state index is 0.275. The van der Waals surface area contributed by atoms with Gasteiger partial charge >= 0.3 is 0 Å². The summed E-state index contributed by atoms with van der Waals surface area (Å²) in [6.45, 7) is 0. The Morgan fingerprint density at radius 1 is 0.440 bits per heavy atom. The Hall–Kier alpha value is -2.94. The average molecular weight is 334 g/mol. The van der Waals surface area contributed by atoms with Gasteiger partial charge in [0.15, 0.2) is 0 Å². The van der Waals surface area contributed by atoms with Gasteiger partial charge in [0, 0.05) is 0 Å². The molecule has 3 heteroatoms. The number of aromatic hydroxyl groups is 3. The van der Waals surface area contributed by atoms with Crippen LogP contribution in [0.15, 0.2) is 72.8 Å². The fourth-order valence-electron chi connectivity index (χ4n) is 3.11. The fourth-order valence-corrected chi connectivity index (χ4v) is 3.11. The van der Waals surface area contributed by atoms with Crippen LogP contribution in [0.5, 0.6) is 17.2 Å². The van der Waals surface area contributed by atoms with Crippen LogP contribution in [0, 0.1) is 5.92 Å². The number of benzene rings is 3. The van der Waals surface area contributed by atoms with E-state index in [4.69, 9.17) is 0 Å². The summed E-state index contributed by atoms with van der Waals surface area (Å²) in [5.74, 6) is 1.20. The highest BCUT2D eigenvalue weighted by molar-refractivity contribution is 5.30. The second-order valence-electron chi connectivity index (χ2n) is 6.48. The predicted molar refractivity (Wildman–Crippen MR) is 98.9 cm³/mol. The lowest BCUT2D eigenvalue weighted by Crippen LogP contribution is -2.12. The first-order valence-corrected chi connectivity index (χ1v) is 8.42. The molecule has 0 bridgehead atoms. The van der Waals surface area contributed by atoms with Crippen molar-refractivity contribution >= 4 is 0 Å².